The molecule has 2 aromatic rings. The number of hydrogen-bond donors (Lipinski definition) is 3. The number of ether oxygens (including phenoxy) is 1. The standard InChI is InChI=1S/C20H27FN4O3S/c1-15(2)28-19-8-6-18(7-9-19)25-20(24-12-13-29(22,26)27)23-11-10-16-4-3-5-17(21)14-16/h3-9,14-15H,10-13H2,1-2H3,(H2,22,26,27)(H2,23,24,25). The molecule has 0 heterocycles. The lowest BCUT2D eigenvalue weighted by Crippen LogP contribution is -2.33. The monoisotopic (exact) mass is 422 g/mol. The van der Waals surface area contributed by atoms with Crippen LogP contribution in [0.5, 0.6) is 5.75 Å². The summed E-state index contributed by atoms with van der Waals surface area (Å²) in [6.45, 7) is 4.40. The molecule has 0 amide bonds. The molecular formula is C20H27FN4O3S. The third kappa shape index (κ3) is 9.40. The number of halogens is 1. The van der Waals surface area contributed by atoms with E-state index >= 15 is 0 Å². The maximum atomic E-state index is 13.3. The second kappa shape index (κ2) is 10.8. The molecule has 4 N–H and O–H groups in total. The predicted octanol–water partition coefficient (Wildman–Crippen LogP) is 2.50. The Morgan fingerprint density at radius 2 is 1.93 bits per heavy atom. The number of benzene rings is 2. The van der Waals surface area contributed by atoms with Crippen molar-refractivity contribution >= 4 is 21.7 Å². The van der Waals surface area contributed by atoms with E-state index in [1.807, 2.05) is 44.2 Å². The van der Waals surface area contributed by atoms with Gasteiger partial charge in [0.25, 0.3) is 0 Å². The first-order chi connectivity index (χ1) is 13.7. The molecule has 0 aliphatic carbocycles. The van der Waals surface area contributed by atoms with Gasteiger partial charge in [-0.3, -0.25) is 4.99 Å². The second-order valence-corrected chi connectivity index (χ2v) is 8.45. The Kier molecular flexibility index (Phi) is 8.41. The van der Waals surface area contributed by atoms with Crippen molar-refractivity contribution in [3.05, 3.63) is 59.9 Å². The zero-order valence-electron chi connectivity index (χ0n) is 16.6. The number of guanidine groups is 1. The number of nitrogens with zero attached hydrogens (tertiary/aromatic N) is 1. The summed E-state index contributed by atoms with van der Waals surface area (Å²) in [6, 6.07) is 13.7. The van der Waals surface area contributed by atoms with E-state index in [0.717, 1.165) is 17.0 Å². The number of primary sulfonamides is 1. The highest BCUT2D eigenvalue weighted by molar-refractivity contribution is 7.89. The Morgan fingerprint density at radius 3 is 2.55 bits per heavy atom. The summed E-state index contributed by atoms with van der Waals surface area (Å²) in [6.07, 6.45) is 0.656. The average Bonchev–Trinajstić information content (AvgIpc) is 2.62. The largest absolute Gasteiger partial charge is 0.491 e. The lowest BCUT2D eigenvalue weighted by atomic mass is 10.1. The molecule has 9 heteroatoms. The van der Waals surface area contributed by atoms with Crippen LogP contribution in [0.3, 0.4) is 0 Å². The average molecular weight is 423 g/mol. The molecule has 0 spiro atoms. The topological polar surface area (TPSA) is 106 Å². The predicted molar refractivity (Wildman–Crippen MR) is 114 cm³/mol. The molecule has 0 aliphatic heterocycles. The van der Waals surface area contributed by atoms with Crippen LogP contribution in [0.1, 0.15) is 19.4 Å². The molecule has 158 valence electrons. The first-order valence-electron chi connectivity index (χ1n) is 9.28. The molecule has 0 saturated heterocycles. The number of rotatable bonds is 9. The highest BCUT2D eigenvalue weighted by atomic mass is 32.2. The van der Waals surface area contributed by atoms with Crippen molar-refractivity contribution in [1.29, 1.82) is 0 Å². The second-order valence-electron chi connectivity index (χ2n) is 6.72. The zero-order valence-corrected chi connectivity index (χ0v) is 17.4. The molecule has 0 aliphatic rings. The molecule has 0 saturated carbocycles. The van der Waals surface area contributed by atoms with Crippen LogP contribution in [0.15, 0.2) is 53.5 Å². The maximum Gasteiger partial charge on any atom is 0.210 e. The first kappa shape index (κ1) is 22.6. The van der Waals surface area contributed by atoms with Crippen LogP contribution in [0.4, 0.5) is 10.1 Å². The maximum absolute atomic E-state index is 13.3. The van der Waals surface area contributed by atoms with Gasteiger partial charge in [0.1, 0.15) is 11.6 Å². The van der Waals surface area contributed by atoms with Gasteiger partial charge in [0.15, 0.2) is 5.96 Å². The van der Waals surface area contributed by atoms with E-state index in [4.69, 9.17) is 9.88 Å². The Bertz CT molecular complexity index is 916. The Balaban J connectivity index is 2.00. The summed E-state index contributed by atoms with van der Waals surface area (Å²) in [5.74, 6) is 0.608. The van der Waals surface area contributed by atoms with Crippen molar-refractivity contribution in [3.8, 4) is 5.75 Å². The summed E-state index contributed by atoms with van der Waals surface area (Å²) >= 11 is 0. The van der Waals surface area contributed by atoms with Crippen LogP contribution < -0.4 is 20.5 Å². The van der Waals surface area contributed by atoms with Crippen LogP contribution in [0.25, 0.3) is 0 Å². The Hall–Kier alpha value is -2.65. The summed E-state index contributed by atoms with van der Waals surface area (Å²) in [5.41, 5.74) is 1.60. The van der Waals surface area contributed by atoms with Gasteiger partial charge in [0.05, 0.1) is 18.4 Å². The summed E-state index contributed by atoms with van der Waals surface area (Å²) < 4.78 is 41.2. The van der Waals surface area contributed by atoms with Crippen molar-refractivity contribution in [2.75, 3.05) is 24.2 Å². The van der Waals surface area contributed by atoms with Gasteiger partial charge in [-0.1, -0.05) is 12.1 Å². The normalized spacial score (nSPS) is 12.1. The van der Waals surface area contributed by atoms with Gasteiger partial charge in [-0.05, 0) is 62.2 Å². The quantitative estimate of drug-likeness (QED) is 0.425. The van der Waals surface area contributed by atoms with Crippen LogP contribution in [0.2, 0.25) is 0 Å². The van der Waals surface area contributed by atoms with Crippen molar-refractivity contribution in [2.45, 2.75) is 26.4 Å². The van der Waals surface area contributed by atoms with Gasteiger partial charge in [-0.2, -0.15) is 0 Å². The van der Waals surface area contributed by atoms with Gasteiger partial charge in [0.2, 0.25) is 10.0 Å². The van der Waals surface area contributed by atoms with E-state index < -0.39 is 10.0 Å². The van der Waals surface area contributed by atoms with E-state index in [-0.39, 0.29) is 24.2 Å². The van der Waals surface area contributed by atoms with E-state index in [1.165, 1.54) is 12.1 Å². The van der Waals surface area contributed by atoms with Gasteiger partial charge >= 0.3 is 0 Å². The van der Waals surface area contributed by atoms with E-state index in [2.05, 4.69) is 15.6 Å². The smallest absolute Gasteiger partial charge is 0.210 e. The number of aliphatic imine (C=N–C) groups is 1. The minimum Gasteiger partial charge on any atom is -0.491 e. The molecule has 29 heavy (non-hydrogen) atoms. The van der Waals surface area contributed by atoms with Crippen molar-refractivity contribution < 1.29 is 17.5 Å². The summed E-state index contributed by atoms with van der Waals surface area (Å²) in [7, 11) is -3.60. The Morgan fingerprint density at radius 1 is 1.21 bits per heavy atom. The Labute approximate surface area is 171 Å². The highest BCUT2D eigenvalue weighted by Crippen LogP contribution is 2.16. The molecule has 7 nitrogen and oxygen atoms in total. The summed E-state index contributed by atoms with van der Waals surface area (Å²) in [4.78, 5) is 4.25. The molecule has 2 aromatic carbocycles. The molecule has 0 radical (unpaired) electrons. The molecular weight excluding hydrogens is 395 g/mol. The van der Waals surface area contributed by atoms with Gasteiger partial charge in [0, 0.05) is 12.2 Å². The molecule has 0 fully saturated rings. The van der Waals surface area contributed by atoms with Crippen molar-refractivity contribution in [2.24, 2.45) is 10.1 Å². The summed E-state index contributed by atoms with van der Waals surface area (Å²) in [5, 5.41) is 11.3. The molecule has 0 atom stereocenters. The first-order valence-corrected chi connectivity index (χ1v) is 11.0. The van der Waals surface area contributed by atoms with Crippen LogP contribution in [0, 0.1) is 5.82 Å². The third-order valence-electron chi connectivity index (χ3n) is 3.73. The minimum absolute atomic E-state index is 0.0165. The molecule has 2 rings (SSSR count). The number of nitrogens with two attached hydrogens (primary N) is 1. The lowest BCUT2D eigenvalue weighted by Gasteiger charge is -2.14. The number of anilines is 1. The van der Waals surface area contributed by atoms with Gasteiger partial charge < -0.3 is 15.4 Å². The van der Waals surface area contributed by atoms with Crippen molar-refractivity contribution in [3.63, 3.8) is 0 Å². The number of nitrogens with one attached hydrogen (secondary N) is 2. The highest BCUT2D eigenvalue weighted by Gasteiger charge is 2.05. The number of sulfonamides is 1. The van der Waals surface area contributed by atoms with Gasteiger partial charge in [-0.25, -0.2) is 17.9 Å². The van der Waals surface area contributed by atoms with E-state index in [0.29, 0.717) is 18.9 Å². The molecule has 0 aromatic heterocycles. The lowest BCUT2D eigenvalue weighted by molar-refractivity contribution is 0.242. The van der Waals surface area contributed by atoms with Gasteiger partial charge in [-0.15, -0.1) is 0 Å². The van der Waals surface area contributed by atoms with Crippen LogP contribution in [-0.2, 0) is 16.4 Å². The number of hydrogen-bond acceptors (Lipinski definition) is 4. The van der Waals surface area contributed by atoms with E-state index in [9.17, 15) is 12.8 Å². The fraction of sp³-hybridized carbons (Fsp3) is 0.350. The SMILES string of the molecule is CC(C)Oc1ccc(NC(=NCCS(N)(=O)=O)NCCc2cccc(F)c2)cc1. The van der Waals surface area contributed by atoms with Crippen LogP contribution >= 0.6 is 0 Å². The van der Waals surface area contributed by atoms with E-state index in [1.54, 1.807) is 6.07 Å². The minimum atomic E-state index is -3.60. The van der Waals surface area contributed by atoms with Crippen molar-refractivity contribution in [1.82, 2.24) is 5.32 Å². The zero-order chi connectivity index (χ0) is 21.3. The fourth-order valence-corrected chi connectivity index (χ4v) is 2.81. The fourth-order valence-electron chi connectivity index (χ4n) is 2.47. The van der Waals surface area contributed by atoms with Crippen LogP contribution in [-0.4, -0.2) is 39.3 Å². The third-order valence-corrected chi connectivity index (χ3v) is 4.48. The molecule has 0 unspecified atom stereocenters. The molecule has 0 bridgehead atoms.